The van der Waals surface area contributed by atoms with E-state index in [0.717, 1.165) is 12.8 Å². The molecule has 2 aliphatic rings. The van der Waals surface area contributed by atoms with Gasteiger partial charge in [0.05, 0.1) is 0 Å². The number of carbonyl (C=O) groups excluding carboxylic acids is 2. The van der Waals surface area contributed by atoms with Crippen molar-refractivity contribution >= 4 is 12.2 Å². The lowest BCUT2D eigenvalue weighted by Crippen LogP contribution is -2.50. The topological polar surface area (TPSA) is 67.9 Å². The minimum absolute atomic E-state index is 0.0303. The van der Waals surface area contributed by atoms with Gasteiger partial charge >= 0.3 is 12.2 Å². The fourth-order valence-electron chi connectivity index (χ4n) is 4.39. The van der Waals surface area contributed by atoms with Crippen LogP contribution in [-0.2, 0) is 9.47 Å². The number of hydrogen-bond donors (Lipinski definition) is 1. The Morgan fingerprint density at radius 1 is 1.03 bits per heavy atom. The Balaban J connectivity index is 1.34. The predicted molar refractivity (Wildman–Crippen MR) is 119 cm³/mol. The van der Waals surface area contributed by atoms with Crippen LogP contribution in [0.5, 0.6) is 0 Å². The molecule has 2 amide bonds. The molecule has 4 rings (SSSR count). The van der Waals surface area contributed by atoms with Gasteiger partial charge in [-0.1, -0.05) is 48.5 Å². The highest BCUT2D eigenvalue weighted by molar-refractivity contribution is 5.79. The van der Waals surface area contributed by atoms with Crippen LogP contribution in [0.15, 0.2) is 48.5 Å². The van der Waals surface area contributed by atoms with Crippen LogP contribution in [0.2, 0.25) is 0 Å². The summed E-state index contributed by atoms with van der Waals surface area (Å²) in [6, 6.07) is 16.4. The second-order valence-electron chi connectivity index (χ2n) is 9.24. The first-order valence-corrected chi connectivity index (χ1v) is 10.9. The van der Waals surface area contributed by atoms with E-state index in [4.69, 9.17) is 9.47 Å². The highest BCUT2D eigenvalue weighted by Gasteiger charge is 2.31. The molecule has 6 heteroatoms. The molecule has 1 unspecified atom stereocenters. The molecule has 0 spiro atoms. The maximum absolute atomic E-state index is 12.5. The average molecular weight is 423 g/mol. The van der Waals surface area contributed by atoms with E-state index in [1.165, 1.54) is 22.3 Å². The number of fused-ring (bicyclic) bond motifs is 3. The summed E-state index contributed by atoms with van der Waals surface area (Å²) in [5.41, 5.74) is 4.24. The summed E-state index contributed by atoms with van der Waals surface area (Å²) < 4.78 is 11.1. The molecule has 0 radical (unpaired) electrons. The fourth-order valence-corrected chi connectivity index (χ4v) is 4.39. The Morgan fingerprint density at radius 3 is 2.26 bits per heavy atom. The van der Waals surface area contributed by atoms with Gasteiger partial charge in [0.1, 0.15) is 12.2 Å². The Bertz CT molecular complexity index is 920. The predicted octanol–water partition coefficient (Wildman–Crippen LogP) is 4.92. The van der Waals surface area contributed by atoms with Gasteiger partial charge in [0.2, 0.25) is 0 Å². The highest BCUT2D eigenvalue weighted by atomic mass is 16.6. The number of hydrogen-bond acceptors (Lipinski definition) is 4. The summed E-state index contributed by atoms with van der Waals surface area (Å²) in [7, 11) is 0. The first kappa shape index (κ1) is 21.2. The summed E-state index contributed by atoms with van der Waals surface area (Å²) in [4.78, 5) is 26.5. The lowest BCUT2D eigenvalue weighted by Gasteiger charge is -2.34. The normalized spacial score (nSPS) is 18.2. The number of rotatable bonds is 3. The second kappa shape index (κ2) is 8.61. The second-order valence-corrected chi connectivity index (χ2v) is 9.24. The maximum Gasteiger partial charge on any atom is 0.410 e. The van der Waals surface area contributed by atoms with E-state index >= 15 is 0 Å². The number of amides is 2. The van der Waals surface area contributed by atoms with Gasteiger partial charge in [-0.25, -0.2) is 9.59 Å². The van der Waals surface area contributed by atoms with E-state index in [9.17, 15) is 9.59 Å². The van der Waals surface area contributed by atoms with Crippen LogP contribution < -0.4 is 5.32 Å². The first-order chi connectivity index (χ1) is 14.8. The molecule has 1 aliphatic carbocycles. The van der Waals surface area contributed by atoms with Crippen molar-refractivity contribution in [3.8, 4) is 11.1 Å². The third kappa shape index (κ3) is 4.84. The van der Waals surface area contributed by atoms with E-state index < -0.39 is 11.7 Å². The lowest BCUT2D eigenvalue weighted by molar-refractivity contribution is 0.0184. The summed E-state index contributed by atoms with van der Waals surface area (Å²) in [6.45, 7) is 6.89. The van der Waals surface area contributed by atoms with Crippen molar-refractivity contribution in [2.75, 3.05) is 19.7 Å². The largest absolute Gasteiger partial charge is 0.449 e. The van der Waals surface area contributed by atoms with Gasteiger partial charge in [-0.15, -0.1) is 0 Å². The van der Waals surface area contributed by atoms with E-state index in [0.29, 0.717) is 13.1 Å². The van der Waals surface area contributed by atoms with Crippen molar-refractivity contribution in [2.24, 2.45) is 0 Å². The van der Waals surface area contributed by atoms with Crippen LogP contribution in [-0.4, -0.2) is 48.4 Å². The van der Waals surface area contributed by atoms with Crippen molar-refractivity contribution in [1.29, 1.82) is 0 Å². The molecule has 0 aromatic heterocycles. The molecule has 1 aliphatic heterocycles. The van der Waals surface area contributed by atoms with Gasteiger partial charge in [-0.2, -0.15) is 0 Å². The quantitative estimate of drug-likeness (QED) is 0.762. The van der Waals surface area contributed by atoms with Gasteiger partial charge in [-0.3, -0.25) is 0 Å². The zero-order chi connectivity index (χ0) is 22.0. The van der Waals surface area contributed by atoms with Gasteiger partial charge in [-0.05, 0) is 55.9 Å². The maximum atomic E-state index is 12.5. The lowest BCUT2D eigenvalue weighted by atomic mass is 9.98. The number of nitrogens with one attached hydrogen (secondary N) is 1. The molecule has 6 nitrogen and oxygen atoms in total. The zero-order valence-electron chi connectivity index (χ0n) is 18.4. The summed E-state index contributed by atoms with van der Waals surface area (Å²) in [5, 5.41) is 2.93. The molecule has 164 valence electrons. The van der Waals surface area contributed by atoms with Crippen LogP contribution in [0.3, 0.4) is 0 Å². The third-order valence-corrected chi connectivity index (χ3v) is 5.74. The Labute approximate surface area is 183 Å². The van der Waals surface area contributed by atoms with Gasteiger partial charge in [0.25, 0.3) is 0 Å². The molecule has 1 atom stereocenters. The van der Waals surface area contributed by atoms with Gasteiger partial charge in [0.15, 0.2) is 0 Å². The summed E-state index contributed by atoms with van der Waals surface area (Å²) in [5.74, 6) is 0.0303. The number of likely N-dealkylation sites (tertiary alicyclic amines) is 1. The fraction of sp³-hybridized carbons (Fsp3) is 0.440. The number of benzene rings is 2. The van der Waals surface area contributed by atoms with Crippen LogP contribution in [0.25, 0.3) is 11.1 Å². The third-order valence-electron chi connectivity index (χ3n) is 5.74. The molecular formula is C25H30N2O4. The number of piperidine rings is 1. The average Bonchev–Trinajstić information content (AvgIpc) is 3.05. The standard InChI is InChI=1S/C25H30N2O4/c1-25(2,3)31-24(29)27-14-8-9-17(15-27)26-23(28)30-16-22-20-12-6-4-10-18(20)19-11-5-7-13-21(19)22/h4-7,10-13,17,22H,8-9,14-16H2,1-3H3,(H,26,28). The SMILES string of the molecule is CC(C)(C)OC(=O)N1CCCC(NC(=O)OCC2c3ccccc3-c3ccccc32)C1. The summed E-state index contributed by atoms with van der Waals surface area (Å²) in [6.07, 6.45) is 0.835. The van der Waals surface area contributed by atoms with Crippen LogP contribution in [0, 0.1) is 0 Å². The van der Waals surface area contributed by atoms with Crippen molar-refractivity contribution in [3.63, 3.8) is 0 Å². The van der Waals surface area contributed by atoms with Crippen LogP contribution >= 0.6 is 0 Å². The number of alkyl carbamates (subject to hydrolysis) is 1. The Hall–Kier alpha value is -3.02. The minimum Gasteiger partial charge on any atom is -0.449 e. The van der Waals surface area contributed by atoms with Crippen molar-refractivity contribution < 1.29 is 19.1 Å². The van der Waals surface area contributed by atoms with Crippen LogP contribution in [0.4, 0.5) is 9.59 Å². The molecular weight excluding hydrogens is 392 g/mol. The van der Waals surface area contributed by atoms with Crippen LogP contribution in [0.1, 0.15) is 50.7 Å². The smallest absolute Gasteiger partial charge is 0.410 e. The van der Waals surface area contributed by atoms with E-state index in [1.54, 1.807) is 4.90 Å². The molecule has 2 aromatic rings. The Kier molecular flexibility index (Phi) is 5.90. The Morgan fingerprint density at radius 2 is 1.65 bits per heavy atom. The van der Waals surface area contributed by atoms with Crippen molar-refractivity contribution in [1.82, 2.24) is 10.2 Å². The molecule has 1 fully saturated rings. The van der Waals surface area contributed by atoms with E-state index in [-0.39, 0.29) is 24.7 Å². The molecule has 1 heterocycles. The van der Waals surface area contributed by atoms with Gasteiger partial charge < -0.3 is 19.7 Å². The first-order valence-electron chi connectivity index (χ1n) is 10.9. The molecule has 1 N–H and O–H groups in total. The molecule has 31 heavy (non-hydrogen) atoms. The summed E-state index contributed by atoms with van der Waals surface area (Å²) >= 11 is 0. The highest BCUT2D eigenvalue weighted by Crippen LogP contribution is 2.44. The molecule has 0 bridgehead atoms. The van der Waals surface area contributed by atoms with E-state index in [2.05, 4.69) is 29.6 Å². The number of nitrogens with zero attached hydrogens (tertiary/aromatic N) is 1. The van der Waals surface area contributed by atoms with E-state index in [1.807, 2.05) is 45.0 Å². The molecule has 0 saturated carbocycles. The van der Waals surface area contributed by atoms with Gasteiger partial charge in [0, 0.05) is 25.0 Å². The minimum atomic E-state index is -0.537. The monoisotopic (exact) mass is 422 g/mol. The number of ether oxygens (including phenoxy) is 2. The van der Waals surface area contributed by atoms with Crippen molar-refractivity contribution in [3.05, 3.63) is 59.7 Å². The van der Waals surface area contributed by atoms with Crippen molar-refractivity contribution in [2.45, 2.75) is 51.2 Å². The zero-order valence-corrected chi connectivity index (χ0v) is 18.4. The molecule has 1 saturated heterocycles. The molecule has 2 aromatic carbocycles. The number of carbonyl (C=O) groups is 2.